The Morgan fingerprint density at radius 1 is 1.09 bits per heavy atom. The number of ether oxygens (including phenoxy) is 1. The first kappa shape index (κ1) is 27.0. The van der Waals surface area contributed by atoms with Gasteiger partial charge in [-0.3, -0.25) is 19.2 Å². The number of amides is 1. The van der Waals surface area contributed by atoms with E-state index in [1.807, 2.05) is 0 Å². The first-order valence-electron chi connectivity index (χ1n) is 9.89. The summed E-state index contributed by atoms with van der Waals surface area (Å²) in [5.74, 6) is -0.246. The summed E-state index contributed by atoms with van der Waals surface area (Å²) in [4.78, 5) is 23.0. The van der Waals surface area contributed by atoms with E-state index < -0.39 is 37.4 Å². The molecular weight excluding hydrogens is 488 g/mol. The monoisotopic (exact) mass is 514 g/mol. The van der Waals surface area contributed by atoms with Crippen LogP contribution in [0.1, 0.15) is 5.56 Å². The van der Waals surface area contributed by atoms with Crippen molar-refractivity contribution in [3.63, 3.8) is 0 Å². The molecule has 0 saturated heterocycles. The van der Waals surface area contributed by atoms with Crippen molar-refractivity contribution in [2.24, 2.45) is 0 Å². The number of anilines is 1. The number of nitro groups is 1. The largest absolute Gasteiger partial charge is 0.492 e. The minimum absolute atomic E-state index is 0.0378. The molecule has 1 N–H and O–H groups in total. The zero-order valence-electron chi connectivity index (χ0n) is 19.1. The second-order valence-corrected chi connectivity index (χ2v) is 11.5. The molecular formula is C20H26N4O8S2. The average Bonchev–Trinajstić information content (AvgIpc) is 2.74. The van der Waals surface area contributed by atoms with E-state index in [1.165, 1.54) is 63.5 Å². The summed E-state index contributed by atoms with van der Waals surface area (Å²) < 4.78 is 56.0. The molecule has 0 unspecified atom stereocenters. The molecule has 0 fully saturated rings. The Labute approximate surface area is 198 Å². The van der Waals surface area contributed by atoms with E-state index in [-0.39, 0.29) is 35.0 Å². The summed E-state index contributed by atoms with van der Waals surface area (Å²) in [5.41, 5.74) is -0.103. The first-order chi connectivity index (χ1) is 15.7. The van der Waals surface area contributed by atoms with Crippen LogP contribution in [0.3, 0.4) is 0 Å². The van der Waals surface area contributed by atoms with Crippen molar-refractivity contribution in [1.29, 1.82) is 0 Å². The van der Waals surface area contributed by atoms with Crippen molar-refractivity contribution in [3.05, 3.63) is 58.1 Å². The van der Waals surface area contributed by atoms with Crippen molar-refractivity contribution in [2.75, 3.05) is 44.4 Å². The van der Waals surface area contributed by atoms with Crippen molar-refractivity contribution in [1.82, 2.24) is 9.62 Å². The van der Waals surface area contributed by atoms with Gasteiger partial charge in [-0.05, 0) is 37.3 Å². The topological polar surface area (TPSA) is 156 Å². The molecule has 0 atom stereocenters. The van der Waals surface area contributed by atoms with Crippen LogP contribution in [-0.2, 0) is 24.8 Å². The van der Waals surface area contributed by atoms with Gasteiger partial charge >= 0.3 is 0 Å². The van der Waals surface area contributed by atoms with Gasteiger partial charge in [-0.15, -0.1) is 0 Å². The maximum atomic E-state index is 12.4. The fourth-order valence-corrected chi connectivity index (χ4v) is 4.73. The number of sulfonamides is 2. The Balaban J connectivity index is 1.98. The molecule has 0 aliphatic carbocycles. The summed E-state index contributed by atoms with van der Waals surface area (Å²) in [6.07, 6.45) is 0.905. The number of hydrogen-bond donors (Lipinski definition) is 1. The van der Waals surface area contributed by atoms with Gasteiger partial charge in [-0.25, -0.2) is 21.1 Å². The quantitative estimate of drug-likeness (QED) is 0.266. The minimum atomic E-state index is -3.91. The van der Waals surface area contributed by atoms with Gasteiger partial charge in [-0.2, -0.15) is 0 Å². The van der Waals surface area contributed by atoms with Crippen LogP contribution in [0.15, 0.2) is 47.4 Å². The van der Waals surface area contributed by atoms with Gasteiger partial charge in [0.05, 0.1) is 33.9 Å². The average molecular weight is 515 g/mol. The normalized spacial score (nSPS) is 11.8. The third kappa shape index (κ3) is 6.65. The number of hydrogen-bond acceptors (Lipinski definition) is 8. The summed E-state index contributed by atoms with van der Waals surface area (Å²) in [5, 5.41) is 13.7. The molecule has 186 valence electrons. The summed E-state index contributed by atoms with van der Waals surface area (Å²) in [7, 11) is -4.62. The van der Waals surface area contributed by atoms with Gasteiger partial charge in [0.15, 0.2) is 0 Å². The Morgan fingerprint density at radius 2 is 1.71 bits per heavy atom. The zero-order valence-corrected chi connectivity index (χ0v) is 20.7. The smallest absolute Gasteiger partial charge is 0.274 e. The van der Waals surface area contributed by atoms with E-state index >= 15 is 0 Å². The molecule has 0 aliphatic heterocycles. The SMILES string of the molecule is Cc1c(N(CC(=O)NCCOc2ccc(S(=O)(=O)N(C)C)cc2)S(C)(=O)=O)cccc1[N+](=O)[O-]. The summed E-state index contributed by atoms with van der Waals surface area (Å²) in [6.45, 7) is 0.923. The van der Waals surface area contributed by atoms with E-state index in [2.05, 4.69) is 5.32 Å². The Morgan fingerprint density at radius 3 is 2.24 bits per heavy atom. The predicted molar refractivity (Wildman–Crippen MR) is 126 cm³/mol. The second-order valence-electron chi connectivity index (χ2n) is 7.41. The molecule has 0 heterocycles. The van der Waals surface area contributed by atoms with Gasteiger partial charge in [-0.1, -0.05) is 6.07 Å². The van der Waals surface area contributed by atoms with Gasteiger partial charge in [0, 0.05) is 20.2 Å². The Bertz CT molecular complexity index is 1260. The third-order valence-corrected chi connectivity index (χ3v) is 7.68. The van der Waals surface area contributed by atoms with Crippen molar-refractivity contribution < 1.29 is 31.3 Å². The highest BCUT2D eigenvalue weighted by atomic mass is 32.2. The third-order valence-electron chi connectivity index (χ3n) is 4.72. The lowest BCUT2D eigenvalue weighted by atomic mass is 10.1. The van der Waals surface area contributed by atoms with Crippen molar-refractivity contribution >= 4 is 37.3 Å². The van der Waals surface area contributed by atoms with E-state index in [1.54, 1.807) is 0 Å². The van der Waals surface area contributed by atoms with Gasteiger partial charge < -0.3 is 10.1 Å². The van der Waals surface area contributed by atoms with Gasteiger partial charge in [0.25, 0.3) is 5.69 Å². The lowest BCUT2D eigenvalue weighted by Crippen LogP contribution is -2.41. The van der Waals surface area contributed by atoms with Crippen LogP contribution in [0.25, 0.3) is 0 Å². The molecule has 0 bridgehead atoms. The summed E-state index contributed by atoms with van der Waals surface area (Å²) in [6, 6.07) is 9.74. The highest BCUT2D eigenvalue weighted by Gasteiger charge is 2.25. The standard InChI is InChI=1S/C20H26N4O8S2/c1-15-18(6-5-7-19(15)24(26)27)23(33(4,28)29)14-20(25)21-12-13-32-16-8-10-17(11-9-16)34(30,31)22(2)3/h5-11H,12-14H2,1-4H3,(H,21,25). The molecule has 0 spiro atoms. The summed E-state index contributed by atoms with van der Waals surface area (Å²) >= 11 is 0. The number of benzene rings is 2. The van der Waals surface area contributed by atoms with E-state index in [0.29, 0.717) is 5.75 Å². The molecule has 2 aromatic carbocycles. The molecule has 0 aliphatic rings. The number of rotatable bonds is 11. The van der Waals surface area contributed by atoms with Crippen LogP contribution in [0.5, 0.6) is 5.75 Å². The Hall–Kier alpha value is -3.23. The number of nitro benzene ring substituents is 1. The molecule has 1 amide bonds. The van der Waals surface area contributed by atoms with E-state index in [9.17, 15) is 31.7 Å². The second kappa shape index (κ2) is 10.8. The van der Waals surface area contributed by atoms with Crippen LogP contribution in [0, 0.1) is 17.0 Å². The zero-order chi connectivity index (χ0) is 25.7. The minimum Gasteiger partial charge on any atom is -0.492 e. The maximum absolute atomic E-state index is 12.4. The van der Waals surface area contributed by atoms with Gasteiger partial charge in [0.2, 0.25) is 26.0 Å². The molecule has 0 saturated carbocycles. The molecule has 2 aromatic rings. The van der Waals surface area contributed by atoms with E-state index in [4.69, 9.17) is 4.74 Å². The first-order valence-corrected chi connectivity index (χ1v) is 13.2. The lowest BCUT2D eigenvalue weighted by molar-refractivity contribution is -0.385. The van der Waals surface area contributed by atoms with Crippen LogP contribution >= 0.6 is 0 Å². The molecule has 0 aromatic heterocycles. The number of nitrogens with zero attached hydrogens (tertiary/aromatic N) is 3. The van der Waals surface area contributed by atoms with Crippen LogP contribution in [-0.4, -0.2) is 72.0 Å². The van der Waals surface area contributed by atoms with Crippen molar-refractivity contribution in [2.45, 2.75) is 11.8 Å². The van der Waals surface area contributed by atoms with Crippen LogP contribution < -0.4 is 14.4 Å². The fourth-order valence-electron chi connectivity index (χ4n) is 2.92. The van der Waals surface area contributed by atoms with Crippen LogP contribution in [0.2, 0.25) is 0 Å². The molecule has 12 nitrogen and oxygen atoms in total. The molecule has 0 radical (unpaired) electrons. The number of carbonyl (C=O) groups excluding carboxylic acids is 1. The van der Waals surface area contributed by atoms with E-state index in [0.717, 1.165) is 14.9 Å². The highest BCUT2D eigenvalue weighted by Crippen LogP contribution is 2.29. The van der Waals surface area contributed by atoms with Crippen LogP contribution in [0.4, 0.5) is 11.4 Å². The fraction of sp³-hybridized carbons (Fsp3) is 0.350. The molecule has 2 rings (SSSR count). The molecule has 34 heavy (non-hydrogen) atoms. The predicted octanol–water partition coefficient (Wildman–Crippen LogP) is 1.11. The highest BCUT2D eigenvalue weighted by molar-refractivity contribution is 7.92. The molecule has 14 heteroatoms. The number of nitrogens with one attached hydrogen (secondary N) is 1. The van der Waals surface area contributed by atoms with Crippen molar-refractivity contribution in [3.8, 4) is 5.75 Å². The van der Waals surface area contributed by atoms with Gasteiger partial charge in [0.1, 0.15) is 18.9 Å². The maximum Gasteiger partial charge on any atom is 0.274 e. The number of carbonyl (C=O) groups is 1. The lowest BCUT2D eigenvalue weighted by Gasteiger charge is -2.23. The Kier molecular flexibility index (Phi) is 8.58.